The quantitative estimate of drug-likeness (QED) is 0.298. The number of aliphatic carboxylic acids is 1. The van der Waals surface area contributed by atoms with E-state index < -0.39 is 41.9 Å². The molecule has 5 aromatic rings. The number of halogens is 1. The summed E-state index contributed by atoms with van der Waals surface area (Å²) in [7, 11) is 0. The van der Waals surface area contributed by atoms with Crippen LogP contribution in [0.1, 0.15) is 58.2 Å². The Bertz CT molecular complexity index is 1780. The van der Waals surface area contributed by atoms with Gasteiger partial charge in [0, 0.05) is 22.7 Å². The fraction of sp³-hybridized carbons (Fsp3) is 0.214. The van der Waals surface area contributed by atoms with Gasteiger partial charge in [0.25, 0.3) is 5.91 Å². The number of pyridine rings is 1. The van der Waals surface area contributed by atoms with Crippen LogP contribution in [0.5, 0.6) is 0 Å². The van der Waals surface area contributed by atoms with Gasteiger partial charge in [-0.3, -0.25) is 18.7 Å². The summed E-state index contributed by atoms with van der Waals surface area (Å²) in [4.78, 5) is 45.6. The zero-order chi connectivity index (χ0) is 27.3. The number of hydrogen-bond acceptors (Lipinski definition) is 4. The number of H-pyrrole nitrogens is 1. The van der Waals surface area contributed by atoms with Crippen LogP contribution in [-0.2, 0) is 4.79 Å². The van der Waals surface area contributed by atoms with Gasteiger partial charge in [-0.15, -0.1) is 0 Å². The maximum absolute atomic E-state index is 14.1. The van der Waals surface area contributed by atoms with Gasteiger partial charge >= 0.3 is 11.7 Å². The molecule has 10 heteroatoms. The summed E-state index contributed by atoms with van der Waals surface area (Å²) in [6.45, 7) is 5.89. The highest BCUT2D eigenvalue weighted by molar-refractivity contribution is 5.93. The molecule has 0 saturated carbocycles. The molecule has 0 bridgehead atoms. The number of aromatic amines is 1. The normalized spacial score (nSPS) is 13.2. The van der Waals surface area contributed by atoms with Crippen LogP contribution in [0.2, 0.25) is 0 Å². The van der Waals surface area contributed by atoms with Crippen molar-refractivity contribution in [3.63, 3.8) is 0 Å². The van der Waals surface area contributed by atoms with Crippen LogP contribution < -0.4 is 11.4 Å². The first-order valence-electron chi connectivity index (χ1n) is 12.1. The standard InChI is InChI=1S/C28H26FN5O4/c1-14-10-15(2)25-19(13-31-21(25)11-14)16(3)33-22-9-8-20(26(30)37)32-27(22)34(28(33)38)23(12-24(35)36)17-4-6-18(29)7-5-17/h4-11,13,16,23,31H,12H2,1-3H3,(H2,30,37)(H,35,36)/t16?,23-/m1/s1. The van der Waals surface area contributed by atoms with Crippen molar-refractivity contribution in [3.8, 4) is 0 Å². The van der Waals surface area contributed by atoms with Crippen LogP contribution in [0, 0.1) is 19.7 Å². The zero-order valence-corrected chi connectivity index (χ0v) is 21.0. The molecule has 1 amide bonds. The number of carbonyl (C=O) groups excluding carboxylic acids is 1. The fourth-order valence-corrected chi connectivity index (χ4v) is 5.28. The number of nitrogens with zero attached hydrogens (tertiary/aromatic N) is 3. The lowest BCUT2D eigenvalue weighted by atomic mass is 10.0. The van der Waals surface area contributed by atoms with Crippen LogP contribution in [-0.4, -0.2) is 36.1 Å². The van der Waals surface area contributed by atoms with Crippen molar-refractivity contribution >= 4 is 33.9 Å². The van der Waals surface area contributed by atoms with Crippen molar-refractivity contribution in [2.75, 3.05) is 0 Å². The number of aromatic nitrogens is 4. The molecule has 5 rings (SSSR count). The van der Waals surface area contributed by atoms with Crippen molar-refractivity contribution in [1.29, 1.82) is 0 Å². The fourth-order valence-electron chi connectivity index (χ4n) is 5.28. The number of nitrogens with two attached hydrogens (primary N) is 1. The van der Waals surface area contributed by atoms with Crippen LogP contribution in [0.15, 0.2) is 59.5 Å². The minimum Gasteiger partial charge on any atom is -0.481 e. The van der Waals surface area contributed by atoms with Gasteiger partial charge < -0.3 is 15.8 Å². The number of nitrogens with one attached hydrogen (secondary N) is 1. The van der Waals surface area contributed by atoms with E-state index in [1.807, 2.05) is 33.0 Å². The third-order valence-electron chi connectivity index (χ3n) is 6.93. The molecule has 194 valence electrons. The number of imidazole rings is 1. The Balaban J connectivity index is 1.80. The Morgan fingerprint density at radius 1 is 1.11 bits per heavy atom. The number of rotatable bonds is 7. The average molecular weight is 516 g/mol. The number of benzene rings is 2. The summed E-state index contributed by atoms with van der Waals surface area (Å²) in [6.07, 6.45) is 1.39. The van der Waals surface area contributed by atoms with E-state index in [9.17, 15) is 23.9 Å². The van der Waals surface area contributed by atoms with E-state index in [0.717, 1.165) is 27.6 Å². The molecule has 0 radical (unpaired) electrons. The van der Waals surface area contributed by atoms with Crippen molar-refractivity contribution in [2.24, 2.45) is 5.73 Å². The van der Waals surface area contributed by atoms with Crippen LogP contribution in [0.25, 0.3) is 22.1 Å². The van der Waals surface area contributed by atoms with Gasteiger partial charge in [0.15, 0.2) is 5.65 Å². The molecule has 0 fully saturated rings. The van der Waals surface area contributed by atoms with Gasteiger partial charge in [-0.2, -0.15) is 0 Å². The molecule has 9 nitrogen and oxygen atoms in total. The Labute approximate surface area is 216 Å². The van der Waals surface area contributed by atoms with E-state index in [2.05, 4.69) is 16.0 Å². The van der Waals surface area contributed by atoms with Crippen molar-refractivity contribution in [2.45, 2.75) is 39.3 Å². The average Bonchev–Trinajstić information content (AvgIpc) is 3.40. The lowest BCUT2D eigenvalue weighted by Crippen LogP contribution is -2.31. The largest absolute Gasteiger partial charge is 0.481 e. The molecule has 3 heterocycles. The highest BCUT2D eigenvalue weighted by Crippen LogP contribution is 2.33. The van der Waals surface area contributed by atoms with E-state index in [0.29, 0.717) is 11.1 Å². The van der Waals surface area contributed by atoms with Gasteiger partial charge in [-0.05, 0) is 67.8 Å². The van der Waals surface area contributed by atoms with E-state index in [4.69, 9.17) is 5.73 Å². The molecular formula is C28H26FN5O4. The molecule has 2 atom stereocenters. The first-order valence-corrected chi connectivity index (χ1v) is 12.1. The molecular weight excluding hydrogens is 489 g/mol. The Kier molecular flexibility index (Phi) is 6.10. The van der Waals surface area contributed by atoms with Crippen LogP contribution >= 0.6 is 0 Å². The lowest BCUT2D eigenvalue weighted by molar-refractivity contribution is -0.137. The molecule has 2 aromatic carbocycles. The van der Waals surface area contributed by atoms with Gasteiger partial charge in [0.2, 0.25) is 0 Å². The number of carboxylic acids is 1. The molecule has 0 aliphatic heterocycles. The first kappa shape index (κ1) is 24.9. The lowest BCUT2D eigenvalue weighted by Gasteiger charge is -2.18. The molecule has 4 N–H and O–H groups in total. The van der Waals surface area contributed by atoms with Gasteiger partial charge in [0.1, 0.15) is 11.5 Å². The number of amides is 1. The number of aryl methyl sites for hydroxylation is 2. The number of hydrogen-bond donors (Lipinski definition) is 3. The minimum absolute atomic E-state index is 0.0670. The number of fused-ring (bicyclic) bond motifs is 2. The number of carboxylic acid groups (broad SMARTS) is 1. The highest BCUT2D eigenvalue weighted by Gasteiger charge is 2.29. The monoisotopic (exact) mass is 515 g/mol. The summed E-state index contributed by atoms with van der Waals surface area (Å²) in [5.41, 5.74) is 9.77. The second-order valence-electron chi connectivity index (χ2n) is 9.52. The summed E-state index contributed by atoms with van der Waals surface area (Å²) >= 11 is 0. The predicted octanol–water partition coefficient (Wildman–Crippen LogP) is 4.21. The third-order valence-corrected chi connectivity index (χ3v) is 6.93. The molecule has 38 heavy (non-hydrogen) atoms. The van der Waals surface area contributed by atoms with Gasteiger partial charge in [-0.25, -0.2) is 14.2 Å². The third kappa shape index (κ3) is 4.13. The molecule has 0 spiro atoms. The summed E-state index contributed by atoms with van der Waals surface area (Å²) in [6, 6.07) is 10.9. The molecule has 3 aromatic heterocycles. The maximum atomic E-state index is 14.1. The van der Waals surface area contributed by atoms with Gasteiger partial charge in [0.05, 0.1) is 24.0 Å². The summed E-state index contributed by atoms with van der Waals surface area (Å²) in [5.74, 6) is -2.44. The Morgan fingerprint density at radius 3 is 2.47 bits per heavy atom. The van der Waals surface area contributed by atoms with Gasteiger partial charge in [-0.1, -0.05) is 18.2 Å². The van der Waals surface area contributed by atoms with Crippen molar-refractivity contribution in [1.82, 2.24) is 19.1 Å². The second-order valence-corrected chi connectivity index (χ2v) is 9.52. The molecule has 0 aliphatic rings. The second kappa shape index (κ2) is 9.29. The van der Waals surface area contributed by atoms with E-state index in [1.165, 1.54) is 39.5 Å². The zero-order valence-electron chi connectivity index (χ0n) is 21.0. The Morgan fingerprint density at radius 2 is 1.82 bits per heavy atom. The van der Waals surface area contributed by atoms with E-state index >= 15 is 0 Å². The Hall–Kier alpha value is -4.73. The number of carbonyl (C=O) groups is 2. The van der Waals surface area contributed by atoms with E-state index in [-0.39, 0.29) is 11.3 Å². The van der Waals surface area contributed by atoms with Crippen molar-refractivity contribution in [3.05, 3.63) is 99.0 Å². The SMILES string of the molecule is Cc1cc(C)c2c(C(C)n3c(=O)n([C@H](CC(=O)O)c4ccc(F)cc4)c4nc(C(N)=O)ccc43)c[nH]c2c1. The first-order chi connectivity index (χ1) is 18.1. The maximum Gasteiger partial charge on any atom is 0.331 e. The predicted molar refractivity (Wildman–Crippen MR) is 141 cm³/mol. The van der Waals surface area contributed by atoms with E-state index in [1.54, 1.807) is 6.07 Å². The molecule has 0 saturated heterocycles. The minimum atomic E-state index is -1.16. The summed E-state index contributed by atoms with van der Waals surface area (Å²) in [5, 5.41) is 10.7. The highest BCUT2D eigenvalue weighted by atomic mass is 19.1. The molecule has 1 unspecified atom stereocenters. The van der Waals surface area contributed by atoms with Crippen LogP contribution in [0.3, 0.4) is 0 Å². The van der Waals surface area contributed by atoms with Crippen LogP contribution in [0.4, 0.5) is 4.39 Å². The molecule has 0 aliphatic carbocycles. The summed E-state index contributed by atoms with van der Waals surface area (Å²) < 4.78 is 16.5. The number of primary amides is 1. The van der Waals surface area contributed by atoms with Crippen molar-refractivity contribution < 1.29 is 19.1 Å². The smallest absolute Gasteiger partial charge is 0.331 e. The topological polar surface area (TPSA) is 136 Å².